The van der Waals surface area contributed by atoms with Crippen molar-refractivity contribution in [2.45, 2.75) is 19.3 Å². The van der Waals surface area contributed by atoms with Crippen LogP contribution in [0.1, 0.15) is 28.8 Å². The predicted molar refractivity (Wildman–Crippen MR) is 102 cm³/mol. The summed E-state index contributed by atoms with van der Waals surface area (Å²) >= 11 is 0. The molecule has 2 aromatic carbocycles. The first-order valence-electron chi connectivity index (χ1n) is 8.98. The topological polar surface area (TPSA) is 92.8 Å². The maximum absolute atomic E-state index is 12.1. The predicted octanol–water partition coefficient (Wildman–Crippen LogP) is 1.86. The van der Waals surface area contributed by atoms with Crippen LogP contribution in [0.2, 0.25) is 0 Å². The molecular weight excluding hydrogens is 360 g/mol. The van der Waals surface area contributed by atoms with E-state index in [0.717, 1.165) is 10.5 Å². The number of esters is 1. The van der Waals surface area contributed by atoms with E-state index in [4.69, 9.17) is 4.74 Å². The first-order valence-corrected chi connectivity index (χ1v) is 8.98. The summed E-state index contributed by atoms with van der Waals surface area (Å²) in [6.45, 7) is 0.0749. The molecule has 0 atom stereocenters. The average Bonchev–Trinajstić information content (AvgIpc) is 3.05. The van der Waals surface area contributed by atoms with Crippen LogP contribution in [0.5, 0.6) is 0 Å². The van der Waals surface area contributed by atoms with Crippen LogP contribution in [0.15, 0.2) is 54.6 Å². The van der Waals surface area contributed by atoms with Crippen molar-refractivity contribution in [3.05, 3.63) is 65.7 Å². The van der Waals surface area contributed by atoms with E-state index in [9.17, 15) is 19.2 Å². The van der Waals surface area contributed by atoms with Crippen molar-refractivity contribution in [3.8, 4) is 0 Å². The molecule has 28 heavy (non-hydrogen) atoms. The number of hydrogen-bond acceptors (Lipinski definition) is 5. The van der Waals surface area contributed by atoms with E-state index in [2.05, 4.69) is 5.32 Å². The highest BCUT2D eigenvalue weighted by Gasteiger charge is 2.30. The number of carbonyl (C=O) groups is 4. The Kier molecular flexibility index (Phi) is 6.16. The van der Waals surface area contributed by atoms with Crippen molar-refractivity contribution in [1.29, 1.82) is 0 Å². The minimum absolute atomic E-state index is 0.196. The Bertz CT molecular complexity index is 861. The Morgan fingerprint density at radius 2 is 1.57 bits per heavy atom. The molecular formula is C21H20N2O5. The smallest absolute Gasteiger partial charge is 0.338 e. The highest BCUT2D eigenvalue weighted by Crippen LogP contribution is 2.22. The molecule has 0 aliphatic carbocycles. The number of ether oxygens (including phenoxy) is 1. The van der Waals surface area contributed by atoms with Crippen LogP contribution in [0.25, 0.3) is 0 Å². The SMILES string of the molecule is O=C(COC(=O)c1ccc(N2C(=O)CCC2=O)cc1)NCCc1ccccc1. The Hall–Kier alpha value is -3.48. The van der Waals surface area contributed by atoms with Gasteiger partial charge in [-0.05, 0) is 36.2 Å². The molecule has 0 spiro atoms. The molecule has 3 rings (SSSR count). The normalized spacial score (nSPS) is 13.5. The number of nitrogens with zero attached hydrogens (tertiary/aromatic N) is 1. The molecule has 1 saturated heterocycles. The van der Waals surface area contributed by atoms with Crippen LogP contribution >= 0.6 is 0 Å². The lowest BCUT2D eigenvalue weighted by atomic mass is 10.1. The summed E-state index contributed by atoms with van der Waals surface area (Å²) in [7, 11) is 0. The number of carbonyl (C=O) groups excluding carboxylic acids is 4. The van der Waals surface area contributed by atoms with Crippen LogP contribution in [0, 0.1) is 0 Å². The van der Waals surface area contributed by atoms with Gasteiger partial charge in [-0.25, -0.2) is 4.79 Å². The number of nitrogens with one attached hydrogen (secondary N) is 1. The lowest BCUT2D eigenvalue weighted by Crippen LogP contribution is -2.30. The summed E-state index contributed by atoms with van der Waals surface area (Å²) in [5.41, 5.74) is 1.76. The molecule has 0 saturated carbocycles. The highest BCUT2D eigenvalue weighted by molar-refractivity contribution is 6.19. The maximum Gasteiger partial charge on any atom is 0.338 e. The van der Waals surface area contributed by atoms with Crippen LogP contribution in [0.4, 0.5) is 5.69 Å². The maximum atomic E-state index is 12.1. The lowest BCUT2D eigenvalue weighted by Gasteiger charge is -2.14. The van der Waals surface area contributed by atoms with Crippen molar-refractivity contribution in [2.24, 2.45) is 0 Å². The first-order chi connectivity index (χ1) is 13.5. The third-order valence-electron chi connectivity index (χ3n) is 4.33. The largest absolute Gasteiger partial charge is 0.452 e. The molecule has 0 radical (unpaired) electrons. The molecule has 1 aliphatic rings. The Labute approximate surface area is 162 Å². The fourth-order valence-corrected chi connectivity index (χ4v) is 2.87. The zero-order chi connectivity index (χ0) is 19.9. The quantitative estimate of drug-likeness (QED) is 0.585. The van der Waals surface area contributed by atoms with Crippen LogP contribution < -0.4 is 10.2 Å². The van der Waals surface area contributed by atoms with E-state index in [-0.39, 0.29) is 42.7 Å². The van der Waals surface area contributed by atoms with Gasteiger partial charge in [0.15, 0.2) is 6.61 Å². The molecule has 7 heteroatoms. The summed E-state index contributed by atoms with van der Waals surface area (Å²) in [6, 6.07) is 15.7. The molecule has 1 aliphatic heterocycles. The molecule has 0 unspecified atom stereocenters. The molecule has 7 nitrogen and oxygen atoms in total. The van der Waals surface area contributed by atoms with Gasteiger partial charge in [-0.2, -0.15) is 0 Å². The van der Waals surface area contributed by atoms with Gasteiger partial charge in [0.1, 0.15) is 0 Å². The zero-order valence-corrected chi connectivity index (χ0v) is 15.2. The number of rotatable bonds is 7. The van der Waals surface area contributed by atoms with Crippen molar-refractivity contribution in [3.63, 3.8) is 0 Å². The van der Waals surface area contributed by atoms with Gasteiger partial charge >= 0.3 is 5.97 Å². The van der Waals surface area contributed by atoms with E-state index in [0.29, 0.717) is 18.7 Å². The number of benzene rings is 2. The number of anilines is 1. The Balaban J connectivity index is 1.45. The van der Waals surface area contributed by atoms with Gasteiger partial charge < -0.3 is 10.1 Å². The molecule has 1 N–H and O–H groups in total. The summed E-state index contributed by atoms with van der Waals surface area (Å²) in [5.74, 6) is -1.54. The lowest BCUT2D eigenvalue weighted by molar-refractivity contribution is -0.124. The second-order valence-electron chi connectivity index (χ2n) is 6.33. The van der Waals surface area contributed by atoms with Gasteiger partial charge in [0.2, 0.25) is 11.8 Å². The van der Waals surface area contributed by atoms with E-state index >= 15 is 0 Å². The molecule has 0 aromatic heterocycles. The standard InChI is InChI=1S/C21H20N2O5/c24-18(22-13-12-15-4-2-1-3-5-15)14-28-21(27)16-6-8-17(9-7-16)23-19(25)10-11-20(23)26/h1-9H,10-14H2,(H,22,24). The van der Waals surface area contributed by atoms with Gasteiger partial charge in [0, 0.05) is 19.4 Å². The number of hydrogen-bond donors (Lipinski definition) is 1. The van der Waals surface area contributed by atoms with Crippen LogP contribution in [-0.2, 0) is 25.5 Å². The fraction of sp³-hybridized carbons (Fsp3) is 0.238. The molecule has 1 heterocycles. The molecule has 144 valence electrons. The van der Waals surface area contributed by atoms with Gasteiger partial charge in [0.25, 0.3) is 5.91 Å². The second kappa shape index (κ2) is 8.94. The van der Waals surface area contributed by atoms with Gasteiger partial charge in [-0.3, -0.25) is 19.3 Å². The summed E-state index contributed by atoms with van der Waals surface area (Å²) in [5, 5.41) is 2.70. The first kappa shape index (κ1) is 19.3. The Morgan fingerprint density at radius 1 is 0.929 bits per heavy atom. The molecule has 3 amide bonds. The van der Waals surface area contributed by atoms with Gasteiger partial charge in [-0.15, -0.1) is 0 Å². The minimum atomic E-state index is -0.649. The summed E-state index contributed by atoms with van der Waals surface area (Å²) < 4.78 is 5.00. The molecule has 0 bridgehead atoms. The highest BCUT2D eigenvalue weighted by atomic mass is 16.5. The minimum Gasteiger partial charge on any atom is -0.452 e. The Morgan fingerprint density at radius 3 is 2.21 bits per heavy atom. The second-order valence-corrected chi connectivity index (χ2v) is 6.33. The van der Waals surface area contributed by atoms with E-state index < -0.39 is 5.97 Å². The summed E-state index contributed by atoms with van der Waals surface area (Å²) in [6.07, 6.45) is 1.08. The fourth-order valence-electron chi connectivity index (χ4n) is 2.87. The van der Waals surface area contributed by atoms with Crippen molar-refractivity contribution < 1.29 is 23.9 Å². The van der Waals surface area contributed by atoms with Crippen molar-refractivity contribution in [2.75, 3.05) is 18.1 Å². The van der Waals surface area contributed by atoms with E-state index in [1.165, 1.54) is 24.3 Å². The monoisotopic (exact) mass is 380 g/mol. The van der Waals surface area contributed by atoms with Gasteiger partial charge in [0.05, 0.1) is 11.3 Å². The zero-order valence-electron chi connectivity index (χ0n) is 15.2. The third-order valence-corrected chi connectivity index (χ3v) is 4.33. The van der Waals surface area contributed by atoms with E-state index in [1.807, 2.05) is 30.3 Å². The number of imide groups is 1. The van der Waals surface area contributed by atoms with Crippen molar-refractivity contribution in [1.82, 2.24) is 5.32 Å². The van der Waals surface area contributed by atoms with Crippen LogP contribution in [0.3, 0.4) is 0 Å². The van der Waals surface area contributed by atoms with Gasteiger partial charge in [-0.1, -0.05) is 30.3 Å². The molecule has 1 fully saturated rings. The summed E-state index contributed by atoms with van der Waals surface area (Å²) in [4.78, 5) is 48.4. The van der Waals surface area contributed by atoms with Crippen LogP contribution in [-0.4, -0.2) is 36.8 Å². The van der Waals surface area contributed by atoms with Crippen molar-refractivity contribution >= 4 is 29.4 Å². The third kappa shape index (κ3) is 4.82. The number of amides is 3. The van der Waals surface area contributed by atoms with E-state index in [1.54, 1.807) is 0 Å². The average molecular weight is 380 g/mol. The molecule has 2 aromatic rings.